The van der Waals surface area contributed by atoms with Crippen molar-refractivity contribution in [1.82, 2.24) is 10.2 Å². The van der Waals surface area contributed by atoms with Crippen LogP contribution < -0.4 is 5.32 Å². The van der Waals surface area contributed by atoms with Crippen molar-refractivity contribution in [3.05, 3.63) is 12.2 Å². The van der Waals surface area contributed by atoms with Gasteiger partial charge >= 0.3 is 0 Å². The first-order chi connectivity index (χ1) is 15.8. The van der Waals surface area contributed by atoms with Crippen molar-refractivity contribution in [2.24, 2.45) is 0 Å². The molecule has 0 aromatic rings. The fourth-order valence-electron chi connectivity index (χ4n) is 3.48. The van der Waals surface area contributed by atoms with E-state index >= 15 is 0 Å². The summed E-state index contributed by atoms with van der Waals surface area (Å²) in [6.07, 6.45) is 23.4. The normalized spacial score (nSPS) is 11.3. The van der Waals surface area contributed by atoms with Crippen LogP contribution in [-0.4, -0.2) is 84.5 Å². The zero-order valence-corrected chi connectivity index (χ0v) is 21.2. The Labute approximate surface area is 199 Å². The van der Waals surface area contributed by atoms with Crippen LogP contribution in [-0.2, 0) is 0 Å². The summed E-state index contributed by atoms with van der Waals surface area (Å²) in [7, 11) is 0. The largest absolute Gasteiger partial charge is 0.395 e. The minimum Gasteiger partial charge on any atom is -0.395 e. The molecule has 0 saturated carbocycles. The van der Waals surface area contributed by atoms with Gasteiger partial charge in [-0.05, 0) is 38.6 Å². The van der Waals surface area contributed by atoms with Crippen molar-refractivity contribution in [2.45, 2.75) is 96.8 Å². The standard InChI is InChI=1S/C22H45NO2.C4H11NO2/c1-2-3-4-5-6-7-8-9-10-11-12-13-14-15-16-17-18-23(19-21-24)20-22-25;6-3-1-5-2-4-7/h9-10,24-25H,2-8,11-22H2,1H3;5-7H,1-4H2. The fourth-order valence-corrected chi connectivity index (χ4v) is 3.48. The Balaban J connectivity index is 0. The van der Waals surface area contributed by atoms with Crippen LogP contribution >= 0.6 is 0 Å². The average molecular weight is 461 g/mol. The molecule has 0 rings (SSSR count). The van der Waals surface area contributed by atoms with E-state index in [1.54, 1.807) is 0 Å². The Morgan fingerprint density at radius 3 is 1.41 bits per heavy atom. The number of hydrogen-bond acceptors (Lipinski definition) is 6. The molecule has 194 valence electrons. The molecule has 0 aromatic heterocycles. The summed E-state index contributed by atoms with van der Waals surface area (Å²) in [4.78, 5) is 2.15. The van der Waals surface area contributed by atoms with Crippen LogP contribution in [0.25, 0.3) is 0 Å². The maximum atomic E-state index is 8.97. The first-order valence-electron chi connectivity index (χ1n) is 13.3. The quantitative estimate of drug-likeness (QED) is 0.111. The molecule has 6 nitrogen and oxygen atoms in total. The van der Waals surface area contributed by atoms with E-state index in [4.69, 9.17) is 20.4 Å². The van der Waals surface area contributed by atoms with Gasteiger partial charge in [-0.25, -0.2) is 0 Å². The van der Waals surface area contributed by atoms with E-state index in [0.29, 0.717) is 26.2 Å². The molecule has 0 fully saturated rings. The summed E-state index contributed by atoms with van der Waals surface area (Å²) in [5.74, 6) is 0. The van der Waals surface area contributed by atoms with Gasteiger partial charge in [0.1, 0.15) is 0 Å². The Morgan fingerprint density at radius 1 is 0.531 bits per heavy atom. The molecule has 0 aliphatic heterocycles. The van der Waals surface area contributed by atoms with E-state index in [0.717, 1.165) is 6.54 Å². The number of unbranched alkanes of at least 4 members (excludes halogenated alkanes) is 12. The van der Waals surface area contributed by atoms with Crippen molar-refractivity contribution in [2.75, 3.05) is 59.2 Å². The van der Waals surface area contributed by atoms with E-state index in [2.05, 4.69) is 29.3 Å². The molecule has 5 N–H and O–H groups in total. The third kappa shape index (κ3) is 31.7. The lowest BCUT2D eigenvalue weighted by molar-refractivity contribution is 0.159. The molecule has 0 aliphatic carbocycles. The van der Waals surface area contributed by atoms with Crippen LogP contribution in [0.2, 0.25) is 0 Å². The summed E-state index contributed by atoms with van der Waals surface area (Å²) in [5, 5.41) is 37.0. The molecule has 6 heteroatoms. The van der Waals surface area contributed by atoms with Crippen LogP contribution in [0, 0.1) is 0 Å². The number of rotatable bonds is 24. The van der Waals surface area contributed by atoms with Crippen LogP contribution in [0.1, 0.15) is 96.8 Å². The lowest BCUT2D eigenvalue weighted by Gasteiger charge is -2.19. The van der Waals surface area contributed by atoms with Gasteiger partial charge in [-0.2, -0.15) is 0 Å². The summed E-state index contributed by atoms with van der Waals surface area (Å²) in [6.45, 7) is 6.44. The van der Waals surface area contributed by atoms with Crippen LogP contribution in [0.3, 0.4) is 0 Å². The summed E-state index contributed by atoms with van der Waals surface area (Å²) >= 11 is 0. The Hall–Kier alpha value is -0.500. The fraction of sp³-hybridized carbons (Fsp3) is 0.923. The third-order valence-corrected chi connectivity index (χ3v) is 5.40. The second kappa shape index (κ2) is 32.7. The highest BCUT2D eigenvalue weighted by atomic mass is 16.3. The molecular formula is C26H56N2O4. The lowest BCUT2D eigenvalue weighted by atomic mass is 10.1. The molecular weight excluding hydrogens is 404 g/mol. The molecule has 0 amide bonds. The molecule has 0 saturated heterocycles. The van der Waals surface area contributed by atoms with Gasteiger partial charge in [0.15, 0.2) is 0 Å². The van der Waals surface area contributed by atoms with Gasteiger partial charge in [0.05, 0.1) is 26.4 Å². The molecule has 0 spiro atoms. The van der Waals surface area contributed by atoms with Gasteiger partial charge in [0.2, 0.25) is 0 Å². The van der Waals surface area contributed by atoms with Crippen molar-refractivity contribution in [3.63, 3.8) is 0 Å². The molecule has 0 bridgehead atoms. The molecule has 0 radical (unpaired) electrons. The molecule has 0 atom stereocenters. The minimum absolute atomic E-state index is 0.139. The smallest absolute Gasteiger partial charge is 0.0558 e. The monoisotopic (exact) mass is 460 g/mol. The highest BCUT2D eigenvalue weighted by molar-refractivity contribution is 4.81. The highest BCUT2D eigenvalue weighted by Gasteiger charge is 2.02. The van der Waals surface area contributed by atoms with Gasteiger partial charge in [-0.1, -0.05) is 76.9 Å². The van der Waals surface area contributed by atoms with Crippen molar-refractivity contribution < 1.29 is 20.4 Å². The van der Waals surface area contributed by atoms with Crippen molar-refractivity contribution in [3.8, 4) is 0 Å². The summed E-state index contributed by atoms with van der Waals surface area (Å²) in [5.41, 5.74) is 0. The zero-order valence-electron chi connectivity index (χ0n) is 21.2. The molecule has 32 heavy (non-hydrogen) atoms. The number of aliphatic hydroxyl groups is 4. The van der Waals surface area contributed by atoms with Gasteiger partial charge in [0.25, 0.3) is 0 Å². The number of nitrogens with zero attached hydrogens (tertiary/aromatic N) is 1. The number of nitrogens with one attached hydrogen (secondary N) is 1. The Morgan fingerprint density at radius 2 is 0.969 bits per heavy atom. The third-order valence-electron chi connectivity index (χ3n) is 5.40. The predicted octanol–water partition coefficient (Wildman–Crippen LogP) is 3.87. The lowest BCUT2D eigenvalue weighted by Crippen LogP contribution is -2.30. The Bertz CT molecular complexity index is 334. The SMILES string of the molecule is CCCCCCCCC=CCCCCCCCCN(CCO)CCO.OCCNCCO. The maximum Gasteiger partial charge on any atom is 0.0558 e. The Kier molecular flexibility index (Phi) is 34.4. The second-order valence-corrected chi connectivity index (χ2v) is 8.42. The molecule has 0 heterocycles. The van der Waals surface area contributed by atoms with E-state index < -0.39 is 0 Å². The first kappa shape index (κ1) is 33.7. The van der Waals surface area contributed by atoms with E-state index in [-0.39, 0.29) is 26.4 Å². The average Bonchev–Trinajstić information content (AvgIpc) is 2.80. The van der Waals surface area contributed by atoms with Gasteiger partial charge in [0, 0.05) is 26.2 Å². The maximum absolute atomic E-state index is 8.97. The van der Waals surface area contributed by atoms with Gasteiger partial charge in [-0.3, -0.25) is 4.90 Å². The molecule has 0 unspecified atom stereocenters. The van der Waals surface area contributed by atoms with Crippen LogP contribution in [0.5, 0.6) is 0 Å². The van der Waals surface area contributed by atoms with Crippen molar-refractivity contribution in [1.29, 1.82) is 0 Å². The summed E-state index contributed by atoms with van der Waals surface area (Å²) < 4.78 is 0. The minimum atomic E-state index is 0.139. The molecule has 0 aromatic carbocycles. The van der Waals surface area contributed by atoms with Crippen LogP contribution in [0.4, 0.5) is 0 Å². The topological polar surface area (TPSA) is 96.2 Å². The number of aliphatic hydroxyl groups excluding tert-OH is 4. The second-order valence-electron chi connectivity index (χ2n) is 8.42. The van der Waals surface area contributed by atoms with E-state index in [1.807, 2.05) is 0 Å². The van der Waals surface area contributed by atoms with Gasteiger partial charge in [-0.15, -0.1) is 0 Å². The van der Waals surface area contributed by atoms with E-state index in [1.165, 1.54) is 89.9 Å². The highest BCUT2D eigenvalue weighted by Crippen LogP contribution is 2.10. The summed E-state index contributed by atoms with van der Waals surface area (Å²) in [6, 6.07) is 0. The predicted molar refractivity (Wildman–Crippen MR) is 137 cm³/mol. The van der Waals surface area contributed by atoms with Crippen LogP contribution in [0.15, 0.2) is 12.2 Å². The molecule has 0 aliphatic rings. The number of hydrogen-bond donors (Lipinski definition) is 5. The van der Waals surface area contributed by atoms with Gasteiger partial charge < -0.3 is 25.7 Å². The zero-order chi connectivity index (χ0) is 24.0. The van der Waals surface area contributed by atoms with E-state index in [9.17, 15) is 0 Å². The van der Waals surface area contributed by atoms with Crippen molar-refractivity contribution >= 4 is 0 Å². The number of allylic oxidation sites excluding steroid dienone is 2. The first-order valence-corrected chi connectivity index (χ1v) is 13.3.